The molecule has 0 saturated heterocycles. The van der Waals surface area contributed by atoms with Crippen LogP contribution in [-0.4, -0.2) is 47.0 Å². The van der Waals surface area contributed by atoms with Crippen LogP contribution in [0.5, 0.6) is 0 Å². The van der Waals surface area contributed by atoms with Crippen molar-refractivity contribution in [1.82, 2.24) is 29.5 Å². The number of carbonyl (C=O) groups excluding carboxylic acids is 1. The molecule has 0 spiro atoms. The number of aliphatic hydroxyl groups is 1. The van der Waals surface area contributed by atoms with Gasteiger partial charge in [0.1, 0.15) is 6.10 Å². The number of rotatable bonds is 3. The van der Waals surface area contributed by atoms with Crippen LogP contribution in [0.25, 0.3) is 5.65 Å². The van der Waals surface area contributed by atoms with Crippen LogP contribution in [0.3, 0.4) is 0 Å². The Balaban J connectivity index is 1.65. The van der Waals surface area contributed by atoms with Crippen LogP contribution < -0.4 is 0 Å². The van der Waals surface area contributed by atoms with Gasteiger partial charge in [-0.15, -0.1) is 10.2 Å². The number of carbonyl (C=O) groups is 1. The van der Waals surface area contributed by atoms with Gasteiger partial charge in [0.25, 0.3) is 5.91 Å². The molecule has 3 aromatic rings. The molecule has 4 rings (SSSR count). The monoisotopic (exact) mass is 340 g/mol. The SMILES string of the molecule is CC(C)C(O)c1nnc2ccc(C(=O)N3CCc4nc[nH]c4C3)cn12. The van der Waals surface area contributed by atoms with Gasteiger partial charge in [0.2, 0.25) is 0 Å². The molecule has 8 heteroatoms. The molecule has 3 aromatic heterocycles. The zero-order valence-electron chi connectivity index (χ0n) is 14.2. The second-order valence-electron chi connectivity index (χ2n) is 6.70. The summed E-state index contributed by atoms with van der Waals surface area (Å²) >= 11 is 0. The summed E-state index contributed by atoms with van der Waals surface area (Å²) < 4.78 is 1.70. The normalized spacial score (nSPS) is 15.6. The van der Waals surface area contributed by atoms with E-state index in [4.69, 9.17) is 0 Å². The molecule has 1 aliphatic heterocycles. The van der Waals surface area contributed by atoms with Gasteiger partial charge in [-0.2, -0.15) is 0 Å². The zero-order chi connectivity index (χ0) is 17.6. The predicted octanol–water partition coefficient (Wildman–Crippen LogP) is 1.34. The number of aliphatic hydroxyl groups excluding tert-OH is 1. The first kappa shape index (κ1) is 15.8. The number of nitrogens with one attached hydrogen (secondary N) is 1. The highest BCUT2D eigenvalue weighted by atomic mass is 16.3. The van der Waals surface area contributed by atoms with Crippen LogP contribution in [0, 0.1) is 5.92 Å². The van der Waals surface area contributed by atoms with E-state index in [0.717, 1.165) is 17.8 Å². The third kappa shape index (κ3) is 2.68. The Morgan fingerprint density at radius 1 is 1.32 bits per heavy atom. The molecular weight excluding hydrogens is 320 g/mol. The Bertz CT molecular complexity index is 928. The number of aromatic amines is 1. The fourth-order valence-electron chi connectivity index (χ4n) is 3.10. The molecule has 8 nitrogen and oxygen atoms in total. The first-order valence-electron chi connectivity index (χ1n) is 8.37. The van der Waals surface area contributed by atoms with Gasteiger partial charge in [-0.3, -0.25) is 9.20 Å². The molecule has 0 aromatic carbocycles. The molecule has 2 N–H and O–H groups in total. The van der Waals surface area contributed by atoms with E-state index in [1.165, 1.54) is 0 Å². The van der Waals surface area contributed by atoms with Crippen LogP contribution in [0.1, 0.15) is 47.5 Å². The van der Waals surface area contributed by atoms with Gasteiger partial charge in [-0.1, -0.05) is 13.8 Å². The van der Waals surface area contributed by atoms with E-state index >= 15 is 0 Å². The van der Waals surface area contributed by atoms with Crippen LogP contribution in [0.15, 0.2) is 24.7 Å². The van der Waals surface area contributed by atoms with Crippen LogP contribution >= 0.6 is 0 Å². The van der Waals surface area contributed by atoms with E-state index < -0.39 is 6.10 Å². The minimum atomic E-state index is -0.733. The summed E-state index contributed by atoms with van der Waals surface area (Å²) in [6, 6.07) is 3.50. The lowest BCUT2D eigenvalue weighted by atomic mass is 10.1. The Morgan fingerprint density at radius 3 is 2.96 bits per heavy atom. The molecule has 1 amide bonds. The number of amides is 1. The van der Waals surface area contributed by atoms with Crippen molar-refractivity contribution in [3.63, 3.8) is 0 Å². The highest BCUT2D eigenvalue weighted by Gasteiger charge is 2.25. The number of aromatic nitrogens is 5. The van der Waals surface area contributed by atoms with Crippen LogP contribution in [0.2, 0.25) is 0 Å². The van der Waals surface area contributed by atoms with Crippen molar-refractivity contribution in [3.8, 4) is 0 Å². The average molecular weight is 340 g/mol. The number of imidazole rings is 1. The quantitative estimate of drug-likeness (QED) is 0.749. The third-order valence-corrected chi connectivity index (χ3v) is 4.63. The molecule has 0 bridgehead atoms. The molecule has 1 atom stereocenters. The molecule has 4 heterocycles. The standard InChI is InChI=1S/C17H20N6O2/c1-10(2)15(24)16-21-20-14-4-3-11(7-23(14)16)17(25)22-6-5-12-13(8-22)19-9-18-12/h3-4,7,9-10,15,24H,5-6,8H2,1-2H3,(H,18,19). The predicted molar refractivity (Wildman–Crippen MR) is 89.8 cm³/mol. The first-order valence-corrected chi connectivity index (χ1v) is 8.37. The largest absolute Gasteiger partial charge is 0.385 e. The highest BCUT2D eigenvalue weighted by Crippen LogP contribution is 2.22. The zero-order valence-corrected chi connectivity index (χ0v) is 14.2. The number of nitrogens with zero attached hydrogens (tertiary/aromatic N) is 5. The lowest BCUT2D eigenvalue weighted by Crippen LogP contribution is -2.36. The third-order valence-electron chi connectivity index (χ3n) is 4.63. The fourth-order valence-corrected chi connectivity index (χ4v) is 3.10. The summed E-state index contributed by atoms with van der Waals surface area (Å²) in [7, 11) is 0. The van der Waals surface area contributed by atoms with E-state index in [0.29, 0.717) is 30.1 Å². The number of H-pyrrole nitrogens is 1. The smallest absolute Gasteiger partial charge is 0.255 e. The van der Waals surface area contributed by atoms with Gasteiger partial charge in [-0.25, -0.2) is 4.98 Å². The maximum atomic E-state index is 12.9. The minimum absolute atomic E-state index is 0.00708. The molecule has 25 heavy (non-hydrogen) atoms. The van der Waals surface area contributed by atoms with Crippen LogP contribution in [-0.2, 0) is 13.0 Å². The van der Waals surface area contributed by atoms with Gasteiger partial charge >= 0.3 is 0 Å². The summed E-state index contributed by atoms with van der Waals surface area (Å²) in [4.78, 5) is 22.0. The van der Waals surface area contributed by atoms with Crippen molar-refractivity contribution in [2.75, 3.05) is 6.54 Å². The van der Waals surface area contributed by atoms with Crippen LogP contribution in [0.4, 0.5) is 0 Å². The molecular formula is C17H20N6O2. The minimum Gasteiger partial charge on any atom is -0.385 e. The van der Waals surface area contributed by atoms with Crippen molar-refractivity contribution in [2.45, 2.75) is 32.9 Å². The molecule has 0 saturated carbocycles. The molecule has 0 radical (unpaired) electrons. The Hall–Kier alpha value is -2.74. The summed E-state index contributed by atoms with van der Waals surface area (Å²) in [5.41, 5.74) is 3.18. The second-order valence-corrected chi connectivity index (χ2v) is 6.70. The van der Waals surface area contributed by atoms with Gasteiger partial charge < -0.3 is 15.0 Å². The van der Waals surface area contributed by atoms with E-state index in [2.05, 4.69) is 20.2 Å². The van der Waals surface area contributed by atoms with Gasteiger partial charge in [0.15, 0.2) is 11.5 Å². The summed E-state index contributed by atoms with van der Waals surface area (Å²) in [5.74, 6) is 0.405. The molecule has 1 aliphatic rings. The first-order chi connectivity index (χ1) is 12.0. The lowest BCUT2D eigenvalue weighted by Gasteiger charge is -2.26. The van der Waals surface area contributed by atoms with Crippen molar-refractivity contribution < 1.29 is 9.90 Å². The van der Waals surface area contributed by atoms with Crippen molar-refractivity contribution in [1.29, 1.82) is 0 Å². The highest BCUT2D eigenvalue weighted by molar-refractivity contribution is 5.94. The number of hydrogen-bond donors (Lipinski definition) is 2. The lowest BCUT2D eigenvalue weighted by molar-refractivity contribution is 0.0731. The van der Waals surface area contributed by atoms with Crippen molar-refractivity contribution in [2.24, 2.45) is 5.92 Å². The average Bonchev–Trinajstić information content (AvgIpc) is 3.25. The number of fused-ring (bicyclic) bond motifs is 2. The number of pyridine rings is 1. The Labute approximate surface area is 144 Å². The summed E-state index contributed by atoms with van der Waals surface area (Å²) in [6.45, 7) is 4.99. The van der Waals surface area contributed by atoms with E-state index in [9.17, 15) is 9.90 Å². The van der Waals surface area contributed by atoms with Crippen molar-refractivity contribution >= 4 is 11.6 Å². The topological polar surface area (TPSA) is 99.4 Å². The van der Waals surface area contributed by atoms with Gasteiger partial charge in [-0.05, 0) is 18.1 Å². The Morgan fingerprint density at radius 2 is 2.16 bits per heavy atom. The van der Waals surface area contributed by atoms with Gasteiger partial charge in [0, 0.05) is 19.2 Å². The van der Waals surface area contributed by atoms with E-state index in [1.54, 1.807) is 34.0 Å². The van der Waals surface area contributed by atoms with E-state index in [-0.39, 0.29) is 11.8 Å². The van der Waals surface area contributed by atoms with Gasteiger partial charge in [0.05, 0.1) is 29.8 Å². The Kier molecular flexibility index (Phi) is 3.76. The second kappa shape index (κ2) is 5.96. The molecule has 0 fully saturated rings. The fraction of sp³-hybridized carbons (Fsp3) is 0.412. The maximum absolute atomic E-state index is 12.9. The summed E-state index contributed by atoms with van der Waals surface area (Å²) in [6.07, 6.45) is 3.39. The summed E-state index contributed by atoms with van der Waals surface area (Å²) in [5, 5.41) is 18.5. The van der Waals surface area contributed by atoms with Crippen molar-refractivity contribution in [3.05, 3.63) is 47.4 Å². The maximum Gasteiger partial charge on any atom is 0.255 e. The van der Waals surface area contributed by atoms with E-state index in [1.807, 2.05) is 13.8 Å². The number of hydrogen-bond acceptors (Lipinski definition) is 5. The molecule has 1 unspecified atom stereocenters. The molecule has 130 valence electrons. The molecule has 0 aliphatic carbocycles.